The van der Waals surface area contributed by atoms with Crippen LogP contribution in [0.15, 0.2) is 18.2 Å². The minimum absolute atomic E-state index is 0.509. The van der Waals surface area contributed by atoms with Crippen molar-refractivity contribution in [3.8, 4) is 5.75 Å². The molecule has 0 spiro atoms. The molecule has 0 fully saturated rings. The maximum absolute atomic E-state index is 5.94. The summed E-state index contributed by atoms with van der Waals surface area (Å²) in [7, 11) is 1.68. The van der Waals surface area contributed by atoms with Crippen LogP contribution in [0.2, 0.25) is 5.02 Å². The van der Waals surface area contributed by atoms with Gasteiger partial charge >= 0.3 is 0 Å². The van der Waals surface area contributed by atoms with Gasteiger partial charge in [-0.3, -0.25) is 0 Å². The minimum Gasteiger partial charge on any atom is -0.496 e. The minimum atomic E-state index is 0.509. The first-order valence-electron chi connectivity index (χ1n) is 5.19. The van der Waals surface area contributed by atoms with Crippen molar-refractivity contribution in [1.29, 1.82) is 0 Å². The Kier molecular flexibility index (Phi) is 4.92. The van der Waals surface area contributed by atoms with Crippen molar-refractivity contribution >= 4 is 11.6 Å². The number of methoxy groups -OCH3 is 1. The highest BCUT2D eigenvalue weighted by Gasteiger charge is 2.03. The molecule has 0 bridgehead atoms. The van der Waals surface area contributed by atoms with Crippen LogP contribution < -0.4 is 10.1 Å². The van der Waals surface area contributed by atoms with Crippen LogP contribution in [-0.2, 0) is 6.42 Å². The number of hydrogen-bond acceptors (Lipinski definition) is 2. The van der Waals surface area contributed by atoms with E-state index in [-0.39, 0.29) is 0 Å². The molecule has 0 heterocycles. The highest BCUT2D eigenvalue weighted by atomic mass is 35.5. The van der Waals surface area contributed by atoms with Crippen LogP contribution in [0.1, 0.15) is 19.4 Å². The Morgan fingerprint density at radius 2 is 2.13 bits per heavy atom. The second kappa shape index (κ2) is 5.99. The van der Waals surface area contributed by atoms with E-state index in [9.17, 15) is 0 Å². The molecule has 0 aromatic heterocycles. The second-order valence-electron chi connectivity index (χ2n) is 3.81. The zero-order valence-corrected chi connectivity index (χ0v) is 10.3. The van der Waals surface area contributed by atoms with E-state index in [1.165, 1.54) is 0 Å². The molecule has 0 aliphatic heterocycles. The van der Waals surface area contributed by atoms with Crippen molar-refractivity contribution in [2.45, 2.75) is 26.3 Å². The molecule has 2 nitrogen and oxygen atoms in total. The molecule has 1 rings (SSSR count). The van der Waals surface area contributed by atoms with Gasteiger partial charge in [-0.25, -0.2) is 0 Å². The van der Waals surface area contributed by atoms with Gasteiger partial charge in [0.25, 0.3) is 0 Å². The van der Waals surface area contributed by atoms with Crippen LogP contribution in [0.4, 0.5) is 0 Å². The molecule has 0 radical (unpaired) electrons. The van der Waals surface area contributed by atoms with Gasteiger partial charge in [0.1, 0.15) is 5.75 Å². The molecular weight excluding hydrogens is 210 g/mol. The van der Waals surface area contributed by atoms with Gasteiger partial charge in [-0.05, 0) is 36.7 Å². The van der Waals surface area contributed by atoms with Crippen LogP contribution in [0, 0.1) is 0 Å². The fraction of sp³-hybridized carbons (Fsp3) is 0.500. The molecule has 0 saturated heterocycles. The quantitative estimate of drug-likeness (QED) is 0.835. The largest absolute Gasteiger partial charge is 0.496 e. The third kappa shape index (κ3) is 4.10. The van der Waals surface area contributed by atoms with Gasteiger partial charge in [0.2, 0.25) is 0 Å². The molecule has 3 heteroatoms. The fourth-order valence-corrected chi connectivity index (χ4v) is 1.63. The number of nitrogens with one attached hydrogen (secondary N) is 1. The Bertz CT molecular complexity index is 312. The summed E-state index contributed by atoms with van der Waals surface area (Å²) in [5, 5.41) is 4.13. The van der Waals surface area contributed by atoms with Gasteiger partial charge in [-0.2, -0.15) is 0 Å². The summed E-state index contributed by atoms with van der Waals surface area (Å²) >= 11 is 5.94. The maximum Gasteiger partial charge on any atom is 0.122 e. The summed E-state index contributed by atoms with van der Waals surface area (Å²) in [6.07, 6.45) is 0.932. The van der Waals surface area contributed by atoms with Gasteiger partial charge in [0.05, 0.1) is 7.11 Å². The lowest BCUT2D eigenvalue weighted by Crippen LogP contribution is -2.25. The van der Waals surface area contributed by atoms with Crippen LogP contribution in [0.25, 0.3) is 0 Å². The van der Waals surface area contributed by atoms with Crippen molar-refractivity contribution in [1.82, 2.24) is 5.32 Å². The van der Waals surface area contributed by atoms with Gasteiger partial charge in [-0.15, -0.1) is 0 Å². The monoisotopic (exact) mass is 227 g/mol. The predicted molar refractivity (Wildman–Crippen MR) is 64.8 cm³/mol. The molecule has 84 valence electrons. The van der Waals surface area contributed by atoms with Gasteiger partial charge in [0.15, 0.2) is 0 Å². The molecule has 0 aliphatic carbocycles. The highest BCUT2D eigenvalue weighted by Crippen LogP contribution is 2.22. The van der Waals surface area contributed by atoms with Gasteiger partial charge in [-0.1, -0.05) is 25.4 Å². The topological polar surface area (TPSA) is 21.3 Å². The zero-order valence-electron chi connectivity index (χ0n) is 9.51. The SMILES string of the molecule is COc1ccc(Cl)cc1CCNC(C)C. The average Bonchev–Trinajstić information content (AvgIpc) is 2.17. The second-order valence-corrected chi connectivity index (χ2v) is 4.25. The van der Waals surface area contributed by atoms with Crippen molar-refractivity contribution in [3.63, 3.8) is 0 Å². The molecule has 0 saturated carbocycles. The fourth-order valence-electron chi connectivity index (χ4n) is 1.44. The first-order valence-corrected chi connectivity index (χ1v) is 5.57. The first-order chi connectivity index (χ1) is 7.13. The highest BCUT2D eigenvalue weighted by molar-refractivity contribution is 6.30. The molecule has 15 heavy (non-hydrogen) atoms. The van der Waals surface area contributed by atoms with Crippen molar-refractivity contribution < 1.29 is 4.74 Å². The zero-order chi connectivity index (χ0) is 11.3. The number of ether oxygens (including phenoxy) is 1. The summed E-state index contributed by atoms with van der Waals surface area (Å²) in [4.78, 5) is 0. The molecule has 0 unspecified atom stereocenters. The lowest BCUT2D eigenvalue weighted by Gasteiger charge is -2.11. The Hall–Kier alpha value is -0.730. The lowest BCUT2D eigenvalue weighted by atomic mass is 10.1. The molecule has 0 amide bonds. The molecule has 1 aromatic rings. The van der Waals surface area contributed by atoms with E-state index in [2.05, 4.69) is 19.2 Å². The smallest absolute Gasteiger partial charge is 0.122 e. The molecule has 1 aromatic carbocycles. The summed E-state index contributed by atoms with van der Waals surface area (Å²) in [6, 6.07) is 6.23. The van der Waals surface area contributed by atoms with Crippen molar-refractivity contribution in [2.24, 2.45) is 0 Å². The Labute approximate surface area is 96.6 Å². The summed E-state index contributed by atoms with van der Waals surface area (Å²) in [6.45, 7) is 5.21. The average molecular weight is 228 g/mol. The van der Waals surface area contributed by atoms with Crippen LogP contribution in [-0.4, -0.2) is 19.7 Å². The van der Waals surface area contributed by atoms with Gasteiger partial charge < -0.3 is 10.1 Å². The van der Waals surface area contributed by atoms with E-state index in [0.717, 1.165) is 29.3 Å². The standard InChI is InChI=1S/C12H18ClNO/c1-9(2)14-7-6-10-8-11(13)4-5-12(10)15-3/h4-5,8-9,14H,6-7H2,1-3H3. The third-order valence-electron chi connectivity index (χ3n) is 2.19. The predicted octanol–water partition coefficient (Wildman–Crippen LogP) is 2.89. The van der Waals surface area contributed by atoms with Gasteiger partial charge in [0, 0.05) is 11.1 Å². The molecule has 0 atom stereocenters. The van der Waals surface area contributed by atoms with Crippen molar-refractivity contribution in [2.75, 3.05) is 13.7 Å². The first kappa shape index (κ1) is 12.3. The van der Waals surface area contributed by atoms with Crippen LogP contribution in [0.3, 0.4) is 0 Å². The van der Waals surface area contributed by atoms with E-state index in [1.54, 1.807) is 7.11 Å². The number of rotatable bonds is 5. The third-order valence-corrected chi connectivity index (χ3v) is 2.42. The molecule has 0 aliphatic rings. The van der Waals surface area contributed by atoms with Crippen LogP contribution >= 0.6 is 11.6 Å². The number of halogens is 1. The number of benzene rings is 1. The van der Waals surface area contributed by atoms with E-state index < -0.39 is 0 Å². The summed E-state index contributed by atoms with van der Waals surface area (Å²) in [5.74, 6) is 0.907. The van der Waals surface area contributed by atoms with E-state index in [4.69, 9.17) is 16.3 Å². The molecular formula is C12H18ClNO. The van der Waals surface area contributed by atoms with Crippen LogP contribution in [0.5, 0.6) is 5.75 Å². The Morgan fingerprint density at radius 3 is 2.73 bits per heavy atom. The lowest BCUT2D eigenvalue weighted by molar-refractivity contribution is 0.408. The van der Waals surface area contributed by atoms with E-state index in [1.807, 2.05) is 18.2 Å². The summed E-state index contributed by atoms with van der Waals surface area (Å²) < 4.78 is 5.27. The normalized spacial score (nSPS) is 10.7. The van der Waals surface area contributed by atoms with Crippen molar-refractivity contribution in [3.05, 3.63) is 28.8 Å². The number of hydrogen-bond donors (Lipinski definition) is 1. The Balaban J connectivity index is 2.62. The van der Waals surface area contributed by atoms with E-state index in [0.29, 0.717) is 6.04 Å². The molecule has 1 N–H and O–H groups in total. The Morgan fingerprint density at radius 1 is 1.40 bits per heavy atom. The maximum atomic E-state index is 5.94. The summed E-state index contributed by atoms with van der Waals surface area (Å²) in [5.41, 5.74) is 1.15. The van der Waals surface area contributed by atoms with E-state index >= 15 is 0 Å².